The summed E-state index contributed by atoms with van der Waals surface area (Å²) < 4.78 is 0. The van der Waals surface area contributed by atoms with Crippen molar-refractivity contribution >= 4 is 12.0 Å². The van der Waals surface area contributed by atoms with Crippen molar-refractivity contribution in [2.24, 2.45) is 5.16 Å². The van der Waals surface area contributed by atoms with E-state index in [2.05, 4.69) is 10.1 Å². The molecule has 1 aromatic rings. The first-order valence-corrected chi connectivity index (χ1v) is 3.29. The molecule has 0 bridgehead atoms. The Kier molecular flexibility index (Phi) is 1.44. The Bertz CT molecular complexity index is 260. The highest BCUT2D eigenvalue weighted by atomic mass is 16.6. The molecule has 2 rings (SSSR count). The second-order valence-corrected chi connectivity index (χ2v) is 2.15. The van der Waals surface area contributed by atoms with Gasteiger partial charge in [0.25, 0.3) is 0 Å². The maximum absolute atomic E-state index is 4.79. The van der Waals surface area contributed by atoms with Crippen molar-refractivity contribution in [1.82, 2.24) is 4.98 Å². The minimum atomic E-state index is 0.490. The Labute approximate surface area is 64.1 Å². The van der Waals surface area contributed by atoms with Crippen molar-refractivity contribution in [2.45, 2.75) is 0 Å². The van der Waals surface area contributed by atoms with Crippen molar-refractivity contribution < 1.29 is 4.84 Å². The van der Waals surface area contributed by atoms with E-state index in [1.807, 2.05) is 17.0 Å². The molecule has 4 nitrogen and oxygen atoms in total. The van der Waals surface area contributed by atoms with Gasteiger partial charge in [-0.05, 0) is 12.1 Å². The number of oxime groups is 1. The van der Waals surface area contributed by atoms with Crippen LogP contribution in [-0.4, -0.2) is 18.1 Å². The lowest BCUT2D eigenvalue weighted by Gasteiger charge is -2.09. The number of hydrogen-bond donors (Lipinski definition) is 0. The Morgan fingerprint density at radius 2 is 2.18 bits per heavy atom. The van der Waals surface area contributed by atoms with E-state index in [1.165, 1.54) is 0 Å². The monoisotopic (exact) mass is 149 g/mol. The van der Waals surface area contributed by atoms with E-state index in [4.69, 9.17) is 4.84 Å². The van der Waals surface area contributed by atoms with Gasteiger partial charge in [-0.2, -0.15) is 0 Å². The highest BCUT2D eigenvalue weighted by Crippen LogP contribution is 2.12. The predicted molar refractivity (Wildman–Crippen MR) is 41.2 cm³/mol. The van der Waals surface area contributed by atoms with Crippen LogP contribution in [0.3, 0.4) is 0 Å². The van der Waals surface area contributed by atoms with Gasteiger partial charge in [-0.3, -0.25) is 9.88 Å². The molecule has 0 aliphatic carbocycles. The summed E-state index contributed by atoms with van der Waals surface area (Å²) in [4.78, 5) is 10.6. The number of hydrogen-bond acceptors (Lipinski definition) is 4. The van der Waals surface area contributed by atoms with Crippen molar-refractivity contribution in [2.75, 3.05) is 11.6 Å². The third-order valence-electron chi connectivity index (χ3n) is 1.45. The number of aromatic nitrogens is 1. The van der Waals surface area contributed by atoms with E-state index in [0.717, 1.165) is 5.69 Å². The van der Waals surface area contributed by atoms with Crippen LogP contribution in [0.25, 0.3) is 0 Å². The number of nitrogens with zero attached hydrogens (tertiary/aromatic N) is 3. The lowest BCUT2D eigenvalue weighted by atomic mass is 10.4. The molecule has 0 amide bonds. The Hall–Kier alpha value is -1.58. The summed E-state index contributed by atoms with van der Waals surface area (Å²) in [6.07, 6.45) is 5.12. The van der Waals surface area contributed by atoms with E-state index in [1.54, 1.807) is 18.7 Å². The lowest BCUT2D eigenvalue weighted by Crippen LogP contribution is -2.17. The molecule has 0 spiro atoms. The maximum Gasteiger partial charge on any atom is 0.194 e. The third kappa shape index (κ3) is 1.14. The van der Waals surface area contributed by atoms with Gasteiger partial charge >= 0.3 is 0 Å². The van der Waals surface area contributed by atoms with E-state index < -0.39 is 0 Å². The summed E-state index contributed by atoms with van der Waals surface area (Å²) in [6, 6.07) is 3.81. The van der Waals surface area contributed by atoms with E-state index in [0.29, 0.717) is 6.73 Å². The van der Waals surface area contributed by atoms with Gasteiger partial charge in [0.2, 0.25) is 0 Å². The van der Waals surface area contributed by atoms with Gasteiger partial charge in [-0.15, -0.1) is 0 Å². The van der Waals surface area contributed by atoms with Crippen LogP contribution in [0.1, 0.15) is 0 Å². The molecule has 4 heteroatoms. The highest BCUT2D eigenvalue weighted by Gasteiger charge is 2.07. The smallest absolute Gasteiger partial charge is 0.194 e. The molecule has 11 heavy (non-hydrogen) atoms. The van der Waals surface area contributed by atoms with Gasteiger partial charge in [-0.25, -0.2) is 0 Å². The quantitative estimate of drug-likeness (QED) is 0.593. The average molecular weight is 149 g/mol. The third-order valence-corrected chi connectivity index (χ3v) is 1.45. The molecule has 0 N–H and O–H groups in total. The number of anilines is 1. The molecular formula is C7H7N3O. The molecule has 0 saturated heterocycles. The minimum Gasteiger partial charge on any atom is -0.372 e. The van der Waals surface area contributed by atoms with Crippen molar-refractivity contribution in [3.63, 3.8) is 0 Å². The van der Waals surface area contributed by atoms with E-state index >= 15 is 0 Å². The Balaban J connectivity index is 2.23. The van der Waals surface area contributed by atoms with E-state index in [9.17, 15) is 0 Å². The van der Waals surface area contributed by atoms with Gasteiger partial charge in [0.05, 0.1) is 0 Å². The highest BCUT2D eigenvalue weighted by molar-refractivity contribution is 5.79. The molecule has 1 aliphatic rings. The molecule has 0 radical (unpaired) electrons. The molecule has 0 atom stereocenters. The first kappa shape index (κ1) is 6.15. The summed E-state index contributed by atoms with van der Waals surface area (Å²) >= 11 is 0. The fraction of sp³-hybridized carbons (Fsp3) is 0.143. The van der Waals surface area contributed by atoms with Gasteiger partial charge in [0.1, 0.15) is 6.34 Å². The second-order valence-electron chi connectivity index (χ2n) is 2.15. The van der Waals surface area contributed by atoms with Crippen LogP contribution in [0.2, 0.25) is 0 Å². The normalized spacial score (nSPS) is 15.1. The molecule has 0 unspecified atom stereocenters. The summed E-state index contributed by atoms with van der Waals surface area (Å²) in [6.45, 7) is 0.490. The number of pyridine rings is 1. The standard InChI is InChI=1S/C7H7N3O/c1-3-8-4-2-7(1)10-5-9-11-6-10/h1-5H,6H2. The first-order chi connectivity index (χ1) is 5.47. The van der Waals surface area contributed by atoms with Crippen LogP contribution in [0.4, 0.5) is 5.69 Å². The Morgan fingerprint density at radius 3 is 2.82 bits per heavy atom. The predicted octanol–water partition coefficient (Wildman–Crippen LogP) is 0.819. The molecule has 1 aromatic heterocycles. The lowest BCUT2D eigenvalue weighted by molar-refractivity contribution is 0.174. The van der Waals surface area contributed by atoms with Gasteiger partial charge in [0.15, 0.2) is 6.73 Å². The molecule has 56 valence electrons. The zero-order chi connectivity index (χ0) is 7.52. The maximum atomic E-state index is 4.79. The van der Waals surface area contributed by atoms with Crippen LogP contribution in [0.5, 0.6) is 0 Å². The summed E-state index contributed by atoms with van der Waals surface area (Å²) in [5.74, 6) is 0. The molecule has 0 aromatic carbocycles. The number of rotatable bonds is 1. The minimum absolute atomic E-state index is 0.490. The SMILES string of the molecule is C1=NOCN1c1ccncc1. The van der Waals surface area contributed by atoms with Crippen molar-refractivity contribution in [3.05, 3.63) is 24.5 Å². The van der Waals surface area contributed by atoms with Gasteiger partial charge in [0, 0.05) is 18.1 Å². The van der Waals surface area contributed by atoms with Crippen LogP contribution in [0, 0.1) is 0 Å². The fourth-order valence-electron chi connectivity index (χ4n) is 0.896. The van der Waals surface area contributed by atoms with Crippen LogP contribution in [-0.2, 0) is 4.84 Å². The van der Waals surface area contributed by atoms with Crippen molar-refractivity contribution in [3.8, 4) is 0 Å². The van der Waals surface area contributed by atoms with Crippen LogP contribution in [0.15, 0.2) is 29.7 Å². The average Bonchev–Trinajstić information content (AvgIpc) is 2.58. The fourth-order valence-corrected chi connectivity index (χ4v) is 0.896. The van der Waals surface area contributed by atoms with Crippen molar-refractivity contribution in [1.29, 1.82) is 0 Å². The zero-order valence-electron chi connectivity index (χ0n) is 5.84. The summed E-state index contributed by atoms with van der Waals surface area (Å²) in [7, 11) is 0. The molecular weight excluding hydrogens is 142 g/mol. The molecule has 2 heterocycles. The largest absolute Gasteiger partial charge is 0.372 e. The van der Waals surface area contributed by atoms with Crippen LogP contribution < -0.4 is 4.90 Å². The molecule has 1 aliphatic heterocycles. The molecule has 0 fully saturated rings. The van der Waals surface area contributed by atoms with Gasteiger partial charge < -0.3 is 4.84 Å². The Morgan fingerprint density at radius 1 is 1.36 bits per heavy atom. The summed E-state index contributed by atoms with van der Waals surface area (Å²) in [5, 5.41) is 3.62. The van der Waals surface area contributed by atoms with Crippen LogP contribution >= 0.6 is 0 Å². The topological polar surface area (TPSA) is 37.7 Å². The summed E-state index contributed by atoms with van der Waals surface area (Å²) in [5.41, 5.74) is 1.04. The second kappa shape index (κ2) is 2.57. The van der Waals surface area contributed by atoms with E-state index in [-0.39, 0.29) is 0 Å². The molecule has 0 saturated carbocycles. The first-order valence-electron chi connectivity index (χ1n) is 3.29. The van der Waals surface area contributed by atoms with Gasteiger partial charge in [-0.1, -0.05) is 5.16 Å². The zero-order valence-corrected chi connectivity index (χ0v) is 5.84.